The first-order chi connectivity index (χ1) is 7.72. The molecule has 4 nitrogen and oxygen atoms in total. The summed E-state index contributed by atoms with van der Waals surface area (Å²) in [4.78, 5) is 11.1. The maximum Gasteiger partial charge on any atom is 0.285 e. The van der Waals surface area contributed by atoms with E-state index >= 15 is 0 Å². The van der Waals surface area contributed by atoms with E-state index in [1.54, 1.807) is 12.1 Å². The van der Waals surface area contributed by atoms with Gasteiger partial charge in [0.2, 0.25) is 5.78 Å². The van der Waals surface area contributed by atoms with Crippen molar-refractivity contribution in [3.05, 3.63) is 36.0 Å². The van der Waals surface area contributed by atoms with Crippen molar-refractivity contribution < 1.29 is 13.6 Å². The largest absolute Gasteiger partial charge is 0.413 e. The smallest absolute Gasteiger partial charge is 0.285 e. The maximum absolute atomic E-state index is 13.3. The molecule has 0 spiro atoms. The highest BCUT2D eigenvalue weighted by molar-refractivity contribution is 6.29. The highest BCUT2D eigenvalue weighted by Crippen LogP contribution is 2.20. The molecule has 0 saturated carbocycles. The fourth-order valence-electron chi connectivity index (χ4n) is 1.14. The van der Waals surface area contributed by atoms with Crippen LogP contribution in [-0.2, 0) is 0 Å². The molecule has 0 aliphatic rings. The van der Waals surface area contributed by atoms with Gasteiger partial charge in [-0.25, -0.2) is 4.39 Å². The predicted octanol–water partition coefficient (Wildman–Crippen LogP) is 2.30. The average Bonchev–Trinajstić information content (AvgIpc) is 2.78. The second-order valence-corrected chi connectivity index (χ2v) is 3.22. The van der Waals surface area contributed by atoms with Gasteiger partial charge < -0.3 is 4.42 Å². The van der Waals surface area contributed by atoms with E-state index in [9.17, 15) is 9.18 Å². The van der Waals surface area contributed by atoms with E-state index in [0.29, 0.717) is 0 Å². The number of alkyl halides is 1. The summed E-state index contributed by atoms with van der Waals surface area (Å²) in [5, 5.41) is 7.07. The van der Waals surface area contributed by atoms with Gasteiger partial charge in [0.05, 0.1) is 11.4 Å². The molecule has 1 aromatic heterocycles. The van der Waals surface area contributed by atoms with Crippen molar-refractivity contribution in [1.29, 1.82) is 0 Å². The van der Waals surface area contributed by atoms with Gasteiger partial charge in [0.1, 0.15) is 5.82 Å². The third-order valence-electron chi connectivity index (χ3n) is 1.89. The van der Waals surface area contributed by atoms with Gasteiger partial charge in [-0.1, -0.05) is 12.1 Å². The fourth-order valence-corrected chi connectivity index (χ4v) is 1.25. The zero-order valence-electron chi connectivity index (χ0n) is 7.98. The molecule has 2 rings (SSSR count). The van der Waals surface area contributed by atoms with Crippen LogP contribution in [-0.4, -0.2) is 21.9 Å². The van der Waals surface area contributed by atoms with Crippen LogP contribution in [0.5, 0.6) is 0 Å². The van der Waals surface area contributed by atoms with Crippen LogP contribution in [0.15, 0.2) is 28.7 Å². The Bertz CT molecular complexity index is 527. The molecule has 1 heterocycles. The number of rotatable bonds is 3. The molecule has 0 radical (unpaired) electrons. The van der Waals surface area contributed by atoms with Crippen molar-refractivity contribution in [3.8, 4) is 11.5 Å². The number of halogens is 2. The molecule has 0 amide bonds. The van der Waals surface area contributed by atoms with Crippen LogP contribution in [0.4, 0.5) is 4.39 Å². The second-order valence-electron chi connectivity index (χ2n) is 2.95. The second kappa shape index (κ2) is 4.40. The van der Waals surface area contributed by atoms with Crippen molar-refractivity contribution >= 4 is 17.4 Å². The van der Waals surface area contributed by atoms with E-state index in [0.717, 1.165) is 0 Å². The van der Waals surface area contributed by atoms with Gasteiger partial charge in [-0.3, -0.25) is 4.79 Å². The third kappa shape index (κ3) is 1.94. The molecule has 0 bridgehead atoms. The molecule has 2 aromatic rings. The quantitative estimate of drug-likeness (QED) is 0.610. The Morgan fingerprint density at radius 1 is 1.38 bits per heavy atom. The molecule has 82 valence electrons. The van der Waals surface area contributed by atoms with Gasteiger partial charge in [0.15, 0.2) is 0 Å². The lowest BCUT2D eigenvalue weighted by Crippen LogP contribution is -1.99. The minimum absolute atomic E-state index is 0.0356. The van der Waals surface area contributed by atoms with E-state index in [-0.39, 0.29) is 23.2 Å². The highest BCUT2D eigenvalue weighted by Gasteiger charge is 2.16. The van der Waals surface area contributed by atoms with Crippen LogP contribution in [0.1, 0.15) is 10.7 Å². The van der Waals surface area contributed by atoms with Crippen LogP contribution in [0, 0.1) is 5.82 Å². The Kier molecular flexibility index (Phi) is 2.96. The number of aromatic nitrogens is 2. The van der Waals surface area contributed by atoms with Crippen molar-refractivity contribution in [1.82, 2.24) is 10.2 Å². The molecule has 16 heavy (non-hydrogen) atoms. The standard InChI is InChI=1S/C10H6ClFN2O2/c11-5-8(15)10-14-13-9(16-10)6-3-1-2-4-7(6)12/h1-4H,5H2. The summed E-state index contributed by atoms with van der Waals surface area (Å²) in [6, 6.07) is 5.92. The average molecular weight is 241 g/mol. The maximum atomic E-state index is 13.3. The molecule has 0 aliphatic carbocycles. The third-order valence-corrected chi connectivity index (χ3v) is 2.13. The Balaban J connectivity index is 2.39. The molecule has 1 aromatic carbocycles. The molecule has 0 atom stereocenters. The zero-order valence-corrected chi connectivity index (χ0v) is 8.74. The summed E-state index contributed by atoms with van der Waals surface area (Å²) in [7, 11) is 0. The lowest BCUT2D eigenvalue weighted by atomic mass is 10.2. The number of benzene rings is 1. The first kappa shape index (κ1) is 10.8. The summed E-state index contributed by atoms with van der Waals surface area (Å²) in [6.07, 6.45) is 0. The summed E-state index contributed by atoms with van der Waals surface area (Å²) in [5.74, 6) is -1.48. The minimum Gasteiger partial charge on any atom is -0.413 e. The number of hydrogen-bond acceptors (Lipinski definition) is 4. The topological polar surface area (TPSA) is 56.0 Å². The first-order valence-corrected chi connectivity index (χ1v) is 4.93. The van der Waals surface area contributed by atoms with Gasteiger partial charge in [0.25, 0.3) is 11.8 Å². The molecule has 6 heteroatoms. The van der Waals surface area contributed by atoms with Gasteiger partial charge in [-0.15, -0.1) is 21.8 Å². The van der Waals surface area contributed by atoms with Gasteiger partial charge in [-0.05, 0) is 12.1 Å². The highest BCUT2D eigenvalue weighted by atomic mass is 35.5. The van der Waals surface area contributed by atoms with E-state index in [1.165, 1.54) is 12.1 Å². The van der Waals surface area contributed by atoms with Crippen LogP contribution in [0.2, 0.25) is 0 Å². The van der Waals surface area contributed by atoms with Gasteiger partial charge in [-0.2, -0.15) is 0 Å². The number of carbonyl (C=O) groups excluding carboxylic acids is 1. The first-order valence-electron chi connectivity index (χ1n) is 4.40. The van der Waals surface area contributed by atoms with Crippen LogP contribution < -0.4 is 0 Å². The Hall–Kier alpha value is -1.75. The molecule has 0 saturated heterocycles. The summed E-state index contributed by atoms with van der Waals surface area (Å²) in [5.41, 5.74) is 0.156. The molecule has 0 fully saturated rings. The predicted molar refractivity (Wildman–Crippen MR) is 54.7 cm³/mol. The molecular weight excluding hydrogens is 235 g/mol. The van der Waals surface area contributed by atoms with Crippen molar-refractivity contribution in [2.24, 2.45) is 0 Å². The SMILES string of the molecule is O=C(CCl)c1nnc(-c2ccccc2F)o1. The Labute approximate surface area is 95.1 Å². The summed E-state index contributed by atoms with van der Waals surface area (Å²) >= 11 is 5.32. The van der Waals surface area contributed by atoms with Crippen molar-refractivity contribution in [3.63, 3.8) is 0 Å². The van der Waals surface area contributed by atoms with E-state index in [1.807, 2.05) is 0 Å². The number of Topliss-reactive ketones (excluding diaryl/α,β-unsaturated/α-hetero) is 1. The lowest BCUT2D eigenvalue weighted by molar-refractivity contribution is 0.0985. The van der Waals surface area contributed by atoms with Crippen LogP contribution in [0.3, 0.4) is 0 Å². The molecular formula is C10H6ClFN2O2. The van der Waals surface area contributed by atoms with Crippen LogP contribution in [0.25, 0.3) is 11.5 Å². The van der Waals surface area contributed by atoms with Gasteiger partial charge >= 0.3 is 0 Å². The van der Waals surface area contributed by atoms with E-state index in [4.69, 9.17) is 16.0 Å². The summed E-state index contributed by atoms with van der Waals surface area (Å²) in [6.45, 7) is 0. The number of hydrogen-bond donors (Lipinski definition) is 0. The minimum atomic E-state index is -0.490. The van der Waals surface area contributed by atoms with Gasteiger partial charge in [0, 0.05) is 0 Å². The Morgan fingerprint density at radius 2 is 2.12 bits per heavy atom. The van der Waals surface area contributed by atoms with E-state index in [2.05, 4.69) is 10.2 Å². The van der Waals surface area contributed by atoms with Crippen molar-refractivity contribution in [2.75, 3.05) is 5.88 Å². The molecule has 0 unspecified atom stereocenters. The molecule has 0 N–H and O–H groups in total. The number of nitrogens with zero attached hydrogens (tertiary/aromatic N) is 2. The van der Waals surface area contributed by atoms with Crippen LogP contribution >= 0.6 is 11.6 Å². The van der Waals surface area contributed by atoms with Crippen molar-refractivity contribution in [2.45, 2.75) is 0 Å². The zero-order chi connectivity index (χ0) is 11.5. The molecule has 0 aliphatic heterocycles. The Morgan fingerprint density at radius 3 is 2.81 bits per heavy atom. The summed E-state index contributed by atoms with van der Waals surface area (Å²) < 4.78 is 18.3. The van der Waals surface area contributed by atoms with E-state index < -0.39 is 11.6 Å². The number of carbonyl (C=O) groups is 1. The fraction of sp³-hybridized carbons (Fsp3) is 0.100. The normalized spacial score (nSPS) is 10.4. The monoisotopic (exact) mass is 240 g/mol. The number of ketones is 1. The lowest BCUT2D eigenvalue weighted by Gasteiger charge is -1.95.